The molecule has 0 atom stereocenters. The van der Waals surface area contributed by atoms with Gasteiger partial charge in [0, 0.05) is 36.1 Å². The summed E-state index contributed by atoms with van der Waals surface area (Å²) >= 11 is 1.40. The molecule has 6 aromatic heterocycles. The first-order valence-electron chi connectivity index (χ1n) is 14.1. The maximum absolute atomic E-state index is 12.7. The van der Waals surface area contributed by atoms with Crippen LogP contribution >= 0.6 is 11.3 Å². The first-order chi connectivity index (χ1) is 20.5. The molecule has 1 aliphatic carbocycles. The molecule has 0 aliphatic heterocycles. The molecule has 1 aliphatic rings. The number of anilines is 1. The Hall–Kier alpha value is -4.77. The number of fused-ring (bicyclic) bond motifs is 2. The number of hydrogen-bond donors (Lipinski definition) is 3. The number of rotatable bonds is 7. The summed E-state index contributed by atoms with van der Waals surface area (Å²) in [5.74, 6) is 1.10. The fourth-order valence-electron chi connectivity index (χ4n) is 5.66. The summed E-state index contributed by atoms with van der Waals surface area (Å²) in [4.78, 5) is 47.9. The van der Waals surface area contributed by atoms with Crippen molar-refractivity contribution in [2.75, 3.05) is 5.32 Å². The highest BCUT2D eigenvalue weighted by atomic mass is 32.1. The molecule has 210 valence electrons. The van der Waals surface area contributed by atoms with Crippen LogP contribution in [-0.2, 0) is 4.79 Å². The van der Waals surface area contributed by atoms with Gasteiger partial charge in [0.1, 0.15) is 16.9 Å². The molecule has 3 N–H and O–H groups in total. The van der Waals surface area contributed by atoms with Crippen molar-refractivity contribution in [3.05, 3.63) is 60.0 Å². The number of Topliss-reactive ketones (excluding diaryl/α,β-unsaturated/α-hetero) is 1. The van der Waals surface area contributed by atoms with E-state index in [1.807, 2.05) is 30.3 Å². The molecular formula is C31H28N8O2S. The lowest BCUT2D eigenvalue weighted by Gasteiger charge is -2.20. The second kappa shape index (κ2) is 10.9. The number of carbonyl (C=O) groups excluding carboxylic acids is 2. The molecule has 42 heavy (non-hydrogen) atoms. The van der Waals surface area contributed by atoms with Crippen LogP contribution in [0.2, 0.25) is 0 Å². The van der Waals surface area contributed by atoms with E-state index in [0.717, 1.165) is 39.7 Å². The van der Waals surface area contributed by atoms with Crippen LogP contribution in [0, 0.1) is 5.92 Å². The van der Waals surface area contributed by atoms with Crippen LogP contribution in [0.4, 0.5) is 5.69 Å². The Kier molecular flexibility index (Phi) is 6.79. The molecule has 0 unspecified atom stereocenters. The summed E-state index contributed by atoms with van der Waals surface area (Å²) in [6.45, 7) is 1.56. The zero-order chi connectivity index (χ0) is 28.6. The smallest absolute Gasteiger partial charge is 0.224 e. The molecule has 1 amide bonds. The highest BCUT2D eigenvalue weighted by molar-refractivity contribution is 7.17. The van der Waals surface area contributed by atoms with E-state index in [9.17, 15) is 9.59 Å². The van der Waals surface area contributed by atoms with Crippen LogP contribution < -0.4 is 5.32 Å². The lowest BCUT2D eigenvalue weighted by Crippen LogP contribution is -2.18. The third-order valence-electron chi connectivity index (χ3n) is 7.78. The van der Waals surface area contributed by atoms with E-state index in [4.69, 9.17) is 4.98 Å². The summed E-state index contributed by atoms with van der Waals surface area (Å²) < 4.78 is 0. The van der Waals surface area contributed by atoms with Crippen LogP contribution in [0.15, 0.2) is 55.1 Å². The molecule has 1 saturated carbocycles. The van der Waals surface area contributed by atoms with Gasteiger partial charge >= 0.3 is 0 Å². The van der Waals surface area contributed by atoms with Crippen molar-refractivity contribution in [1.82, 2.24) is 35.1 Å². The lowest BCUT2D eigenvalue weighted by atomic mass is 9.87. The van der Waals surface area contributed by atoms with Gasteiger partial charge in [0.15, 0.2) is 17.3 Å². The topological polar surface area (TPSA) is 142 Å². The maximum Gasteiger partial charge on any atom is 0.224 e. The summed E-state index contributed by atoms with van der Waals surface area (Å²) in [5, 5.41) is 11.3. The average Bonchev–Trinajstić information content (AvgIpc) is 3.75. The fourth-order valence-corrected chi connectivity index (χ4v) is 6.55. The average molecular weight is 577 g/mol. The van der Waals surface area contributed by atoms with Gasteiger partial charge in [0.25, 0.3) is 0 Å². The Morgan fingerprint density at radius 1 is 1.00 bits per heavy atom. The SMILES string of the molecule is CC(=O)c1ccc(-c2nccc3[nH]c(-c4n[nH]c5ncc(-c6cncc(NC(=O)CC7CCCCC7)c6)cc45)nc23)s1. The van der Waals surface area contributed by atoms with Gasteiger partial charge < -0.3 is 10.3 Å². The summed E-state index contributed by atoms with van der Waals surface area (Å²) in [6, 6.07) is 9.50. The zero-order valence-electron chi connectivity index (χ0n) is 23.0. The van der Waals surface area contributed by atoms with E-state index in [2.05, 4.69) is 35.5 Å². The van der Waals surface area contributed by atoms with Crippen molar-refractivity contribution < 1.29 is 9.59 Å². The highest BCUT2D eigenvalue weighted by Gasteiger charge is 2.19. The number of nitrogens with one attached hydrogen (secondary N) is 3. The number of carbonyl (C=O) groups is 2. The third kappa shape index (κ3) is 5.07. The number of aromatic amines is 2. The molecule has 10 nitrogen and oxygen atoms in total. The second-order valence-electron chi connectivity index (χ2n) is 10.8. The van der Waals surface area contributed by atoms with Gasteiger partial charge in [-0.2, -0.15) is 5.10 Å². The third-order valence-corrected chi connectivity index (χ3v) is 8.97. The largest absolute Gasteiger partial charge is 0.336 e. The van der Waals surface area contributed by atoms with Crippen LogP contribution in [0.25, 0.3) is 55.3 Å². The van der Waals surface area contributed by atoms with E-state index < -0.39 is 0 Å². The minimum Gasteiger partial charge on any atom is -0.336 e. The van der Waals surface area contributed by atoms with Gasteiger partial charge in [-0.15, -0.1) is 11.3 Å². The Labute approximate surface area is 245 Å². The zero-order valence-corrected chi connectivity index (χ0v) is 23.8. The van der Waals surface area contributed by atoms with Gasteiger partial charge in [-0.1, -0.05) is 19.3 Å². The van der Waals surface area contributed by atoms with Crippen molar-refractivity contribution in [1.29, 1.82) is 0 Å². The molecule has 6 heterocycles. The van der Waals surface area contributed by atoms with Crippen molar-refractivity contribution >= 4 is 50.8 Å². The van der Waals surface area contributed by atoms with Crippen LogP contribution in [0.1, 0.15) is 55.1 Å². The molecule has 0 bridgehead atoms. The minimum atomic E-state index is 0.0232. The minimum absolute atomic E-state index is 0.0232. The summed E-state index contributed by atoms with van der Waals surface area (Å²) in [5.41, 5.74) is 5.82. The number of pyridine rings is 3. The number of imidazole rings is 1. The normalized spacial score (nSPS) is 14.0. The van der Waals surface area contributed by atoms with E-state index in [0.29, 0.717) is 51.3 Å². The van der Waals surface area contributed by atoms with Gasteiger partial charge in [0.05, 0.1) is 32.5 Å². The van der Waals surface area contributed by atoms with Crippen LogP contribution in [0.5, 0.6) is 0 Å². The second-order valence-corrected chi connectivity index (χ2v) is 11.9. The number of nitrogens with zero attached hydrogens (tertiary/aromatic N) is 5. The molecule has 0 aromatic carbocycles. The Balaban J connectivity index is 1.19. The molecule has 1 fully saturated rings. The van der Waals surface area contributed by atoms with Crippen LogP contribution in [0.3, 0.4) is 0 Å². The van der Waals surface area contributed by atoms with Crippen molar-refractivity contribution in [3.8, 4) is 33.2 Å². The Morgan fingerprint density at radius 3 is 2.69 bits per heavy atom. The summed E-state index contributed by atoms with van der Waals surface area (Å²) in [6.07, 6.45) is 13.4. The molecule has 0 radical (unpaired) electrons. The highest BCUT2D eigenvalue weighted by Crippen LogP contribution is 2.34. The molecule has 0 spiro atoms. The number of thiophene rings is 1. The molecular weight excluding hydrogens is 548 g/mol. The molecule has 11 heteroatoms. The first-order valence-corrected chi connectivity index (χ1v) is 14.9. The van der Waals surface area contributed by atoms with E-state index in [1.165, 1.54) is 30.6 Å². The van der Waals surface area contributed by atoms with Crippen molar-refractivity contribution in [3.63, 3.8) is 0 Å². The van der Waals surface area contributed by atoms with Crippen molar-refractivity contribution in [2.45, 2.75) is 45.4 Å². The standard InChI is InChI=1S/C31H28N8O2S/c1-17(40)24-7-8-25(42-24)29-28-23(9-10-33-29)36-31(37-28)27-22-13-20(15-34-30(22)39-38-27)19-12-21(16-32-14-19)35-26(41)11-18-5-3-2-4-6-18/h7-10,12-16,18H,2-6,11H2,1H3,(H,35,41)(H,36,37)(H,34,38,39). The lowest BCUT2D eigenvalue weighted by molar-refractivity contribution is -0.117. The van der Waals surface area contributed by atoms with Crippen molar-refractivity contribution in [2.24, 2.45) is 5.92 Å². The van der Waals surface area contributed by atoms with Gasteiger partial charge in [-0.25, -0.2) is 9.97 Å². The number of amides is 1. The Bertz CT molecular complexity index is 1950. The molecule has 6 aromatic rings. The van der Waals surface area contributed by atoms with Gasteiger partial charge in [-0.3, -0.25) is 24.7 Å². The summed E-state index contributed by atoms with van der Waals surface area (Å²) in [7, 11) is 0. The number of hydrogen-bond acceptors (Lipinski definition) is 8. The maximum atomic E-state index is 12.7. The first kappa shape index (κ1) is 26.1. The molecule has 0 saturated heterocycles. The van der Waals surface area contributed by atoms with E-state index in [1.54, 1.807) is 31.7 Å². The van der Waals surface area contributed by atoms with Gasteiger partial charge in [0.2, 0.25) is 5.91 Å². The number of aromatic nitrogens is 7. The number of ketones is 1. The quantitative estimate of drug-likeness (QED) is 0.177. The predicted octanol–water partition coefficient (Wildman–Crippen LogP) is 6.80. The number of H-pyrrole nitrogens is 2. The predicted molar refractivity (Wildman–Crippen MR) is 163 cm³/mol. The van der Waals surface area contributed by atoms with E-state index >= 15 is 0 Å². The monoisotopic (exact) mass is 576 g/mol. The van der Waals surface area contributed by atoms with Crippen LogP contribution in [-0.4, -0.2) is 46.8 Å². The van der Waals surface area contributed by atoms with E-state index in [-0.39, 0.29) is 11.7 Å². The van der Waals surface area contributed by atoms with Gasteiger partial charge in [-0.05, 0) is 56.0 Å². The molecule has 7 rings (SSSR count). The Morgan fingerprint density at radius 2 is 1.86 bits per heavy atom. The fraction of sp³-hybridized carbons (Fsp3) is 0.258.